The number of piperazine rings is 1. The zero-order valence-electron chi connectivity index (χ0n) is 16.9. The molecule has 0 radical (unpaired) electrons. The summed E-state index contributed by atoms with van der Waals surface area (Å²) in [6.45, 7) is 8.22. The van der Waals surface area contributed by atoms with Gasteiger partial charge >= 0.3 is 0 Å². The molecular formula is C20H32N4O3. The van der Waals surface area contributed by atoms with Gasteiger partial charge in [0.15, 0.2) is 0 Å². The Morgan fingerprint density at radius 3 is 2.44 bits per heavy atom. The number of nitrogens with zero attached hydrogens (tertiary/aromatic N) is 3. The molecule has 0 saturated carbocycles. The van der Waals surface area contributed by atoms with Crippen LogP contribution in [0.5, 0.6) is 5.75 Å². The van der Waals surface area contributed by atoms with E-state index in [2.05, 4.69) is 10.2 Å². The minimum absolute atomic E-state index is 0.0123. The van der Waals surface area contributed by atoms with E-state index in [9.17, 15) is 9.59 Å². The molecular weight excluding hydrogens is 344 g/mol. The number of amides is 2. The molecule has 27 heavy (non-hydrogen) atoms. The molecule has 1 aliphatic heterocycles. The quantitative estimate of drug-likeness (QED) is 0.731. The fourth-order valence-corrected chi connectivity index (χ4v) is 2.96. The van der Waals surface area contributed by atoms with Gasteiger partial charge in [0, 0.05) is 38.8 Å². The second-order valence-corrected chi connectivity index (χ2v) is 7.44. The summed E-state index contributed by atoms with van der Waals surface area (Å²) in [6, 6.07) is 7.54. The van der Waals surface area contributed by atoms with Crippen LogP contribution < -0.4 is 10.1 Å². The molecule has 1 aromatic rings. The number of nitrogens with one attached hydrogen (secondary N) is 1. The average molecular weight is 377 g/mol. The number of rotatable bonds is 8. The second-order valence-electron chi connectivity index (χ2n) is 7.44. The lowest BCUT2D eigenvalue weighted by Gasteiger charge is -2.34. The minimum Gasteiger partial charge on any atom is -0.491 e. The Bertz CT molecular complexity index is 625. The zero-order chi connectivity index (χ0) is 19.8. The van der Waals surface area contributed by atoms with Crippen molar-refractivity contribution >= 4 is 11.8 Å². The summed E-state index contributed by atoms with van der Waals surface area (Å²) in [7, 11) is 3.97. The summed E-state index contributed by atoms with van der Waals surface area (Å²) in [4.78, 5) is 30.8. The Hall–Kier alpha value is -2.12. The van der Waals surface area contributed by atoms with Crippen LogP contribution in [0.25, 0.3) is 0 Å². The minimum atomic E-state index is -0.0123. The third-order valence-electron chi connectivity index (χ3n) is 4.39. The summed E-state index contributed by atoms with van der Waals surface area (Å²) in [5, 5.41) is 2.90. The molecule has 0 aliphatic carbocycles. The third-order valence-corrected chi connectivity index (χ3v) is 4.39. The van der Waals surface area contributed by atoms with Crippen LogP contribution >= 0.6 is 0 Å². The van der Waals surface area contributed by atoms with Crippen LogP contribution in [0.15, 0.2) is 24.3 Å². The number of para-hydroxylation sites is 1. The third kappa shape index (κ3) is 6.84. The highest BCUT2D eigenvalue weighted by Gasteiger charge is 2.25. The van der Waals surface area contributed by atoms with Gasteiger partial charge < -0.3 is 19.9 Å². The van der Waals surface area contributed by atoms with E-state index in [0.29, 0.717) is 50.6 Å². The first kappa shape index (κ1) is 21.2. The van der Waals surface area contributed by atoms with Gasteiger partial charge in [-0.15, -0.1) is 0 Å². The van der Waals surface area contributed by atoms with Crippen LogP contribution in [-0.2, 0) is 4.79 Å². The van der Waals surface area contributed by atoms with E-state index in [1.54, 1.807) is 0 Å². The Kier molecular flexibility index (Phi) is 8.06. The highest BCUT2D eigenvalue weighted by Crippen LogP contribution is 2.20. The summed E-state index contributed by atoms with van der Waals surface area (Å²) < 4.78 is 5.82. The van der Waals surface area contributed by atoms with Crippen LogP contribution in [0.1, 0.15) is 24.2 Å². The van der Waals surface area contributed by atoms with E-state index >= 15 is 0 Å². The largest absolute Gasteiger partial charge is 0.491 e. The molecule has 0 bridgehead atoms. The van der Waals surface area contributed by atoms with Gasteiger partial charge in [0.1, 0.15) is 12.4 Å². The predicted molar refractivity (Wildman–Crippen MR) is 106 cm³/mol. The van der Waals surface area contributed by atoms with E-state index < -0.39 is 0 Å². The maximum Gasteiger partial charge on any atom is 0.257 e. The number of hydrogen-bond acceptors (Lipinski definition) is 5. The second kappa shape index (κ2) is 10.3. The fourth-order valence-electron chi connectivity index (χ4n) is 2.96. The van der Waals surface area contributed by atoms with Gasteiger partial charge in [-0.25, -0.2) is 0 Å². The molecule has 150 valence electrons. The number of hydrogen-bond donors (Lipinski definition) is 1. The van der Waals surface area contributed by atoms with Gasteiger partial charge in [-0.3, -0.25) is 14.5 Å². The Morgan fingerprint density at radius 1 is 1.15 bits per heavy atom. The molecule has 1 heterocycles. The summed E-state index contributed by atoms with van der Waals surface area (Å²) >= 11 is 0. The van der Waals surface area contributed by atoms with Crippen LogP contribution in [0.3, 0.4) is 0 Å². The van der Waals surface area contributed by atoms with Crippen LogP contribution in [-0.4, -0.2) is 92.5 Å². The van der Waals surface area contributed by atoms with Crippen molar-refractivity contribution in [2.24, 2.45) is 0 Å². The molecule has 0 unspecified atom stereocenters. The molecule has 1 fully saturated rings. The van der Waals surface area contributed by atoms with Crippen molar-refractivity contribution in [1.82, 2.24) is 20.0 Å². The van der Waals surface area contributed by atoms with Crippen molar-refractivity contribution in [3.05, 3.63) is 29.8 Å². The SMILES string of the molecule is CC(C)NC(=O)CN1CCN(C(=O)c2ccccc2OCCN(C)C)CC1. The van der Waals surface area contributed by atoms with E-state index in [1.807, 2.05) is 62.0 Å². The first-order chi connectivity index (χ1) is 12.9. The zero-order valence-corrected chi connectivity index (χ0v) is 16.9. The van der Waals surface area contributed by atoms with Crippen molar-refractivity contribution in [2.45, 2.75) is 19.9 Å². The maximum atomic E-state index is 12.9. The molecule has 0 spiro atoms. The molecule has 1 aromatic carbocycles. The van der Waals surface area contributed by atoms with Gasteiger partial charge in [-0.2, -0.15) is 0 Å². The van der Waals surface area contributed by atoms with Gasteiger partial charge in [0.25, 0.3) is 5.91 Å². The molecule has 7 nitrogen and oxygen atoms in total. The van der Waals surface area contributed by atoms with E-state index in [1.165, 1.54) is 0 Å². The molecule has 1 saturated heterocycles. The highest BCUT2D eigenvalue weighted by molar-refractivity contribution is 5.97. The predicted octanol–water partition coefficient (Wildman–Crippen LogP) is 0.909. The van der Waals surface area contributed by atoms with Crippen LogP contribution in [0.2, 0.25) is 0 Å². The van der Waals surface area contributed by atoms with Crippen molar-refractivity contribution in [3.63, 3.8) is 0 Å². The van der Waals surface area contributed by atoms with Gasteiger partial charge in [-0.05, 0) is 40.1 Å². The number of likely N-dealkylation sites (N-methyl/N-ethyl adjacent to an activating group) is 1. The molecule has 1 aliphatic rings. The molecule has 2 amide bonds. The van der Waals surface area contributed by atoms with Gasteiger partial charge in [0.2, 0.25) is 5.91 Å². The maximum absolute atomic E-state index is 12.9. The average Bonchev–Trinajstić information content (AvgIpc) is 2.61. The first-order valence-corrected chi connectivity index (χ1v) is 9.54. The summed E-state index contributed by atoms with van der Waals surface area (Å²) in [5.41, 5.74) is 0.599. The summed E-state index contributed by atoms with van der Waals surface area (Å²) in [6.07, 6.45) is 0. The summed E-state index contributed by atoms with van der Waals surface area (Å²) in [5.74, 6) is 0.647. The first-order valence-electron chi connectivity index (χ1n) is 9.54. The fraction of sp³-hybridized carbons (Fsp3) is 0.600. The topological polar surface area (TPSA) is 65.1 Å². The molecule has 0 aromatic heterocycles. The van der Waals surface area contributed by atoms with E-state index in [0.717, 1.165) is 6.54 Å². The lowest BCUT2D eigenvalue weighted by molar-refractivity contribution is -0.123. The smallest absolute Gasteiger partial charge is 0.257 e. The lowest BCUT2D eigenvalue weighted by atomic mass is 10.1. The molecule has 1 N–H and O–H groups in total. The number of carbonyl (C=O) groups excluding carboxylic acids is 2. The molecule has 7 heteroatoms. The lowest BCUT2D eigenvalue weighted by Crippen LogP contribution is -2.51. The number of ether oxygens (including phenoxy) is 1. The monoisotopic (exact) mass is 376 g/mol. The Balaban J connectivity index is 1.89. The molecule has 2 rings (SSSR count). The standard InChI is InChI=1S/C20H32N4O3/c1-16(2)21-19(25)15-23-9-11-24(12-10-23)20(26)17-7-5-6-8-18(17)27-14-13-22(3)4/h5-8,16H,9-15H2,1-4H3,(H,21,25). The van der Waals surface area contributed by atoms with Crippen LogP contribution in [0, 0.1) is 0 Å². The van der Waals surface area contributed by atoms with Crippen molar-refractivity contribution in [1.29, 1.82) is 0 Å². The van der Waals surface area contributed by atoms with Crippen LogP contribution in [0.4, 0.5) is 0 Å². The molecule has 0 atom stereocenters. The van der Waals surface area contributed by atoms with Crippen molar-refractivity contribution in [2.75, 3.05) is 60.0 Å². The Morgan fingerprint density at radius 2 is 1.81 bits per heavy atom. The van der Waals surface area contributed by atoms with Gasteiger partial charge in [0.05, 0.1) is 12.1 Å². The Labute approximate surface area is 162 Å². The number of benzene rings is 1. The highest BCUT2D eigenvalue weighted by atomic mass is 16.5. The van der Waals surface area contributed by atoms with Gasteiger partial charge in [-0.1, -0.05) is 12.1 Å². The van der Waals surface area contributed by atoms with Crippen molar-refractivity contribution in [3.8, 4) is 5.75 Å². The number of carbonyl (C=O) groups is 2. The van der Waals surface area contributed by atoms with Crippen molar-refractivity contribution < 1.29 is 14.3 Å². The van der Waals surface area contributed by atoms with E-state index in [4.69, 9.17) is 4.74 Å². The van der Waals surface area contributed by atoms with E-state index in [-0.39, 0.29) is 17.9 Å². The normalized spacial score (nSPS) is 15.3.